The first-order chi connectivity index (χ1) is 8.82. The van der Waals surface area contributed by atoms with Gasteiger partial charge in [-0.25, -0.2) is 4.68 Å². The third-order valence-corrected chi connectivity index (χ3v) is 3.84. The van der Waals surface area contributed by atoms with E-state index in [2.05, 4.69) is 42.2 Å². The molecule has 102 valence electrons. The number of aliphatic hydroxyl groups is 1. The summed E-state index contributed by atoms with van der Waals surface area (Å²) < 4.78 is 8.53. The molecule has 5 nitrogen and oxygen atoms in total. The number of methoxy groups -OCH3 is 1. The first-order valence-corrected chi connectivity index (χ1v) is 7.10. The molecule has 0 radical (unpaired) electrons. The minimum absolute atomic E-state index is 0.501. The van der Waals surface area contributed by atoms with Crippen molar-refractivity contribution < 1.29 is 9.84 Å². The van der Waals surface area contributed by atoms with E-state index in [1.807, 2.05) is 12.1 Å². The van der Waals surface area contributed by atoms with Crippen LogP contribution in [0.3, 0.4) is 0 Å². The molecular formula is C12H13Br2N3O2. The van der Waals surface area contributed by atoms with Crippen LogP contribution in [0.25, 0.3) is 5.69 Å². The summed E-state index contributed by atoms with van der Waals surface area (Å²) in [7, 11) is 1.60. The Morgan fingerprint density at radius 1 is 1.26 bits per heavy atom. The summed E-state index contributed by atoms with van der Waals surface area (Å²) in [5.41, 5.74) is 0.258. The van der Waals surface area contributed by atoms with Crippen LogP contribution in [0.5, 0.6) is 5.75 Å². The molecule has 19 heavy (non-hydrogen) atoms. The minimum atomic E-state index is -1.02. The summed E-state index contributed by atoms with van der Waals surface area (Å²) in [6, 6.07) is 3.70. The Balaban J connectivity index is 2.50. The molecule has 0 spiro atoms. The lowest BCUT2D eigenvalue weighted by Crippen LogP contribution is -2.15. The number of hydrogen-bond acceptors (Lipinski definition) is 4. The molecule has 2 aromatic rings. The Morgan fingerprint density at radius 2 is 1.95 bits per heavy atom. The Labute approximate surface area is 127 Å². The Hall–Kier alpha value is -0.920. The Morgan fingerprint density at radius 3 is 2.47 bits per heavy atom. The highest BCUT2D eigenvalue weighted by Gasteiger charge is 2.21. The van der Waals surface area contributed by atoms with E-state index in [1.165, 1.54) is 0 Å². The van der Waals surface area contributed by atoms with Crippen LogP contribution in [0.1, 0.15) is 19.5 Å². The molecule has 0 aliphatic carbocycles. The van der Waals surface area contributed by atoms with Crippen LogP contribution in [0.15, 0.2) is 27.3 Å². The third kappa shape index (κ3) is 2.98. The highest BCUT2D eigenvalue weighted by molar-refractivity contribution is 9.11. The number of aromatic nitrogens is 3. The summed E-state index contributed by atoms with van der Waals surface area (Å²) in [6.07, 6.45) is 1.69. The van der Waals surface area contributed by atoms with Gasteiger partial charge in [-0.05, 0) is 51.8 Å². The summed E-state index contributed by atoms with van der Waals surface area (Å²) in [5, 5.41) is 17.9. The van der Waals surface area contributed by atoms with Crippen molar-refractivity contribution >= 4 is 31.9 Å². The van der Waals surface area contributed by atoms with Gasteiger partial charge in [0.15, 0.2) is 0 Å². The molecule has 0 atom stereocenters. The summed E-state index contributed by atoms with van der Waals surface area (Å²) in [4.78, 5) is 0. The number of hydrogen-bond donors (Lipinski definition) is 1. The summed E-state index contributed by atoms with van der Waals surface area (Å²) in [5.74, 6) is 0.693. The Kier molecular flexibility index (Phi) is 3.98. The van der Waals surface area contributed by atoms with Crippen LogP contribution < -0.4 is 4.74 Å². The first kappa shape index (κ1) is 14.5. The van der Waals surface area contributed by atoms with Crippen LogP contribution in [0.4, 0.5) is 0 Å². The molecule has 1 N–H and O–H groups in total. The quantitative estimate of drug-likeness (QED) is 0.874. The monoisotopic (exact) mass is 389 g/mol. The molecule has 0 aliphatic heterocycles. The number of ether oxygens (including phenoxy) is 1. The predicted octanol–water partition coefficient (Wildman–Crippen LogP) is 3.03. The molecule has 1 aromatic carbocycles. The van der Waals surface area contributed by atoms with Gasteiger partial charge in [0, 0.05) is 10.5 Å². The second-order valence-electron chi connectivity index (χ2n) is 4.55. The maximum absolute atomic E-state index is 9.90. The second kappa shape index (κ2) is 5.22. The van der Waals surface area contributed by atoms with E-state index < -0.39 is 5.60 Å². The van der Waals surface area contributed by atoms with E-state index in [1.54, 1.807) is 31.8 Å². The first-order valence-electron chi connectivity index (χ1n) is 5.51. The van der Waals surface area contributed by atoms with Crippen molar-refractivity contribution in [2.45, 2.75) is 19.4 Å². The SMILES string of the molecule is COc1cc(-n2cc(C(C)(C)O)nn2)c(Br)cc1Br. The van der Waals surface area contributed by atoms with Crippen LogP contribution >= 0.6 is 31.9 Å². The maximum atomic E-state index is 9.90. The number of halogens is 2. The van der Waals surface area contributed by atoms with E-state index in [4.69, 9.17) is 4.74 Å². The lowest BCUT2D eigenvalue weighted by atomic mass is 10.1. The average Bonchev–Trinajstić information content (AvgIpc) is 2.78. The molecule has 0 saturated heterocycles. The topological polar surface area (TPSA) is 60.2 Å². The van der Waals surface area contributed by atoms with Crippen LogP contribution in [-0.2, 0) is 5.60 Å². The number of rotatable bonds is 3. The highest BCUT2D eigenvalue weighted by Crippen LogP contribution is 2.33. The molecule has 0 unspecified atom stereocenters. The Bertz CT molecular complexity index is 606. The molecule has 1 aromatic heterocycles. The van der Waals surface area contributed by atoms with Crippen molar-refractivity contribution in [1.29, 1.82) is 0 Å². The van der Waals surface area contributed by atoms with Gasteiger partial charge in [0.05, 0.1) is 23.5 Å². The molecule has 0 fully saturated rings. The van der Waals surface area contributed by atoms with Gasteiger partial charge in [0.1, 0.15) is 17.0 Å². The van der Waals surface area contributed by atoms with Crippen molar-refractivity contribution in [3.63, 3.8) is 0 Å². The van der Waals surface area contributed by atoms with Crippen LogP contribution in [-0.4, -0.2) is 27.2 Å². The zero-order valence-corrected chi connectivity index (χ0v) is 13.9. The molecule has 0 amide bonds. The van der Waals surface area contributed by atoms with Crippen molar-refractivity contribution in [2.75, 3.05) is 7.11 Å². The van der Waals surface area contributed by atoms with E-state index in [-0.39, 0.29) is 0 Å². The van der Waals surface area contributed by atoms with Gasteiger partial charge >= 0.3 is 0 Å². The molecular weight excluding hydrogens is 378 g/mol. The standard InChI is InChI=1S/C12H13Br2N3O2/c1-12(2,18)11-6-17(16-15-11)9-5-10(19-3)8(14)4-7(9)13/h4-6,18H,1-3H3. The minimum Gasteiger partial charge on any atom is -0.495 e. The fourth-order valence-electron chi connectivity index (χ4n) is 1.51. The molecule has 0 bridgehead atoms. The average molecular weight is 391 g/mol. The smallest absolute Gasteiger partial charge is 0.135 e. The fraction of sp³-hybridized carbons (Fsp3) is 0.333. The molecule has 2 rings (SSSR count). The van der Waals surface area contributed by atoms with Crippen molar-refractivity contribution in [3.05, 3.63) is 33.0 Å². The van der Waals surface area contributed by atoms with Gasteiger partial charge < -0.3 is 9.84 Å². The van der Waals surface area contributed by atoms with Crippen molar-refractivity contribution in [2.24, 2.45) is 0 Å². The van der Waals surface area contributed by atoms with E-state index in [9.17, 15) is 5.11 Å². The number of nitrogens with zero attached hydrogens (tertiary/aromatic N) is 3. The normalized spacial score (nSPS) is 11.7. The molecule has 7 heteroatoms. The summed E-state index contributed by atoms with van der Waals surface area (Å²) in [6.45, 7) is 3.33. The van der Waals surface area contributed by atoms with E-state index in [0.29, 0.717) is 11.4 Å². The zero-order chi connectivity index (χ0) is 14.2. The van der Waals surface area contributed by atoms with Gasteiger partial charge in [-0.1, -0.05) is 5.21 Å². The third-order valence-electron chi connectivity index (χ3n) is 2.59. The van der Waals surface area contributed by atoms with Crippen LogP contribution in [0.2, 0.25) is 0 Å². The van der Waals surface area contributed by atoms with Gasteiger partial charge in [-0.3, -0.25) is 0 Å². The predicted molar refractivity (Wildman–Crippen MR) is 78.6 cm³/mol. The fourth-order valence-corrected chi connectivity index (χ4v) is 2.85. The summed E-state index contributed by atoms with van der Waals surface area (Å²) >= 11 is 6.88. The molecule has 1 heterocycles. The van der Waals surface area contributed by atoms with Gasteiger partial charge in [0.25, 0.3) is 0 Å². The zero-order valence-electron chi connectivity index (χ0n) is 10.7. The highest BCUT2D eigenvalue weighted by atomic mass is 79.9. The van der Waals surface area contributed by atoms with Gasteiger partial charge in [-0.15, -0.1) is 5.10 Å². The lowest BCUT2D eigenvalue weighted by molar-refractivity contribution is 0.0737. The van der Waals surface area contributed by atoms with Crippen molar-refractivity contribution in [1.82, 2.24) is 15.0 Å². The van der Waals surface area contributed by atoms with Gasteiger partial charge in [0.2, 0.25) is 0 Å². The van der Waals surface area contributed by atoms with Gasteiger partial charge in [-0.2, -0.15) is 0 Å². The number of benzene rings is 1. The largest absolute Gasteiger partial charge is 0.495 e. The van der Waals surface area contributed by atoms with Crippen LogP contribution in [0, 0.1) is 0 Å². The van der Waals surface area contributed by atoms with E-state index >= 15 is 0 Å². The molecule has 0 aliphatic rings. The van der Waals surface area contributed by atoms with Crippen molar-refractivity contribution in [3.8, 4) is 11.4 Å². The maximum Gasteiger partial charge on any atom is 0.135 e. The van der Waals surface area contributed by atoms with E-state index in [0.717, 1.165) is 14.6 Å². The second-order valence-corrected chi connectivity index (χ2v) is 6.25. The molecule has 0 saturated carbocycles. The lowest BCUT2D eigenvalue weighted by Gasteiger charge is -2.12.